The van der Waals surface area contributed by atoms with Crippen LogP contribution in [-0.2, 0) is 19.4 Å². The number of hydrogen-bond donors (Lipinski definition) is 3. The molecule has 4 rings (SSSR count). The maximum Gasteiger partial charge on any atom is 0.228 e. The van der Waals surface area contributed by atoms with Crippen LogP contribution in [-0.4, -0.2) is 63.1 Å². The molecular weight excluding hydrogens is 406 g/mol. The second kappa shape index (κ2) is 8.15. The lowest BCUT2D eigenvalue weighted by atomic mass is 9.84. The van der Waals surface area contributed by atoms with Crippen molar-refractivity contribution in [3.63, 3.8) is 0 Å². The fraction of sp³-hybridized carbons (Fsp3) is 0.600. The van der Waals surface area contributed by atoms with E-state index in [1.807, 2.05) is 0 Å². The average molecular weight is 434 g/mol. The molecule has 0 radical (unpaired) electrons. The molecule has 0 spiro atoms. The summed E-state index contributed by atoms with van der Waals surface area (Å²) in [6.45, 7) is 1.73. The summed E-state index contributed by atoms with van der Waals surface area (Å²) in [6, 6.07) is 8.75. The van der Waals surface area contributed by atoms with Gasteiger partial charge in [0, 0.05) is 31.1 Å². The summed E-state index contributed by atoms with van der Waals surface area (Å²) in [6.07, 6.45) is 3.59. The highest BCUT2D eigenvalue weighted by atomic mass is 32.2. The number of nitrogens with one attached hydrogen (secondary N) is 3. The van der Waals surface area contributed by atoms with Gasteiger partial charge >= 0.3 is 0 Å². The second-order valence-electron chi connectivity index (χ2n) is 8.31. The Morgan fingerprint density at radius 2 is 2.13 bits per heavy atom. The summed E-state index contributed by atoms with van der Waals surface area (Å²) in [5, 5.41) is 17.9. The molecule has 10 heteroatoms. The third kappa shape index (κ3) is 3.90. The maximum atomic E-state index is 12.8. The highest BCUT2D eigenvalue weighted by Gasteiger charge is 2.54. The van der Waals surface area contributed by atoms with Crippen LogP contribution >= 0.6 is 0 Å². The van der Waals surface area contributed by atoms with E-state index in [1.54, 1.807) is 24.3 Å². The summed E-state index contributed by atoms with van der Waals surface area (Å²) >= 11 is 0. The number of fused-ring (bicyclic) bond motifs is 1. The first-order chi connectivity index (χ1) is 14.3. The minimum absolute atomic E-state index is 0.0321. The van der Waals surface area contributed by atoms with Gasteiger partial charge in [-0.25, -0.2) is 18.9 Å². The molecule has 9 nitrogen and oxygen atoms in total. The van der Waals surface area contributed by atoms with Gasteiger partial charge in [-0.2, -0.15) is 5.26 Å². The molecule has 1 aromatic carbocycles. The van der Waals surface area contributed by atoms with E-state index in [4.69, 9.17) is 4.74 Å². The van der Waals surface area contributed by atoms with Crippen LogP contribution in [0.4, 0.5) is 5.69 Å². The van der Waals surface area contributed by atoms with E-state index >= 15 is 0 Å². The van der Waals surface area contributed by atoms with Crippen molar-refractivity contribution in [3.05, 3.63) is 24.3 Å². The molecule has 30 heavy (non-hydrogen) atoms. The number of amides is 1. The Labute approximate surface area is 176 Å². The minimum atomic E-state index is -3.27. The van der Waals surface area contributed by atoms with Gasteiger partial charge in [0.25, 0.3) is 0 Å². The number of nitrogens with zero attached hydrogens (tertiary/aromatic N) is 2. The summed E-state index contributed by atoms with van der Waals surface area (Å²) in [4.78, 5) is 13.0. The van der Waals surface area contributed by atoms with Crippen molar-refractivity contribution in [1.82, 2.24) is 15.8 Å². The van der Waals surface area contributed by atoms with Gasteiger partial charge in [-0.3, -0.25) is 4.79 Å². The van der Waals surface area contributed by atoms with Gasteiger partial charge in [0.15, 0.2) is 9.84 Å². The van der Waals surface area contributed by atoms with E-state index in [0.717, 1.165) is 19.3 Å². The number of benzene rings is 1. The number of carbonyl (C=O) groups excluding carboxylic acids is 1. The topological polar surface area (TPSA) is 124 Å². The van der Waals surface area contributed by atoms with Crippen molar-refractivity contribution in [2.75, 3.05) is 31.3 Å². The van der Waals surface area contributed by atoms with Crippen molar-refractivity contribution < 1.29 is 17.9 Å². The fourth-order valence-corrected chi connectivity index (χ4v) is 5.42. The van der Waals surface area contributed by atoms with Crippen LogP contribution in [0.5, 0.6) is 0 Å². The van der Waals surface area contributed by atoms with E-state index in [9.17, 15) is 18.5 Å². The molecule has 1 aromatic rings. The SMILES string of the molecule is CS(=O)(=O)c1ccc(NC2NN([C@@]3(CC#N)CCCOC3)C3CCNC(=O)C23)cc1. The molecule has 1 amide bonds. The third-order valence-corrected chi connectivity index (χ3v) is 7.38. The molecule has 0 saturated carbocycles. The van der Waals surface area contributed by atoms with Crippen molar-refractivity contribution in [2.24, 2.45) is 5.92 Å². The van der Waals surface area contributed by atoms with Gasteiger partial charge < -0.3 is 15.4 Å². The highest BCUT2D eigenvalue weighted by Crippen LogP contribution is 2.38. The number of ether oxygens (including phenoxy) is 1. The number of hydrogen-bond acceptors (Lipinski definition) is 8. The molecule has 3 heterocycles. The largest absolute Gasteiger partial charge is 0.379 e. The highest BCUT2D eigenvalue weighted by molar-refractivity contribution is 7.90. The Balaban J connectivity index is 1.60. The van der Waals surface area contributed by atoms with Gasteiger partial charge in [-0.05, 0) is 43.5 Å². The first-order valence-electron chi connectivity index (χ1n) is 10.2. The lowest BCUT2D eigenvalue weighted by Crippen LogP contribution is -2.61. The molecule has 3 aliphatic heterocycles. The van der Waals surface area contributed by atoms with Crippen LogP contribution in [0.1, 0.15) is 25.7 Å². The Morgan fingerprint density at radius 1 is 1.37 bits per heavy atom. The molecule has 0 bridgehead atoms. The predicted octanol–water partition coefficient (Wildman–Crippen LogP) is 0.616. The van der Waals surface area contributed by atoms with Crippen molar-refractivity contribution in [2.45, 2.75) is 48.3 Å². The fourth-order valence-electron chi connectivity index (χ4n) is 4.79. The first-order valence-corrected chi connectivity index (χ1v) is 12.1. The summed E-state index contributed by atoms with van der Waals surface area (Å²) < 4.78 is 29.2. The molecule has 3 N–H and O–H groups in total. The maximum absolute atomic E-state index is 12.8. The Hall–Kier alpha value is -2.19. The Bertz CT molecular complexity index is 937. The van der Waals surface area contributed by atoms with Gasteiger partial charge in [0.1, 0.15) is 6.17 Å². The molecule has 3 unspecified atom stereocenters. The van der Waals surface area contributed by atoms with Gasteiger partial charge in [0.2, 0.25) is 5.91 Å². The molecule has 3 fully saturated rings. The third-order valence-electron chi connectivity index (χ3n) is 6.25. The summed E-state index contributed by atoms with van der Waals surface area (Å²) in [7, 11) is -3.27. The normalized spacial score (nSPS) is 32.1. The number of rotatable bonds is 5. The van der Waals surface area contributed by atoms with E-state index < -0.39 is 15.4 Å². The van der Waals surface area contributed by atoms with Gasteiger partial charge in [-0.1, -0.05) is 0 Å². The lowest BCUT2D eigenvalue weighted by Gasteiger charge is -2.46. The number of hydrazine groups is 1. The van der Waals surface area contributed by atoms with E-state index in [2.05, 4.69) is 27.1 Å². The molecule has 4 atom stereocenters. The number of carbonyl (C=O) groups is 1. The Morgan fingerprint density at radius 3 is 2.77 bits per heavy atom. The zero-order valence-corrected chi connectivity index (χ0v) is 17.7. The monoisotopic (exact) mass is 433 g/mol. The molecule has 0 aromatic heterocycles. The second-order valence-corrected chi connectivity index (χ2v) is 10.3. The van der Waals surface area contributed by atoms with Crippen molar-refractivity contribution >= 4 is 21.4 Å². The zero-order chi connectivity index (χ0) is 21.4. The van der Waals surface area contributed by atoms with Gasteiger partial charge in [-0.15, -0.1) is 0 Å². The van der Waals surface area contributed by atoms with Crippen LogP contribution in [0.25, 0.3) is 0 Å². The zero-order valence-electron chi connectivity index (χ0n) is 16.9. The van der Waals surface area contributed by atoms with Crippen molar-refractivity contribution in [3.8, 4) is 6.07 Å². The first kappa shape index (κ1) is 21.1. The van der Waals surface area contributed by atoms with Crippen LogP contribution < -0.4 is 16.1 Å². The molecule has 3 aliphatic rings. The average Bonchev–Trinajstić information content (AvgIpc) is 3.09. The van der Waals surface area contributed by atoms with Crippen molar-refractivity contribution in [1.29, 1.82) is 5.26 Å². The minimum Gasteiger partial charge on any atom is -0.379 e. The van der Waals surface area contributed by atoms with Crippen LogP contribution in [0, 0.1) is 17.2 Å². The van der Waals surface area contributed by atoms with Crippen LogP contribution in [0.3, 0.4) is 0 Å². The van der Waals surface area contributed by atoms with Crippen LogP contribution in [0.2, 0.25) is 0 Å². The molecule has 162 valence electrons. The van der Waals surface area contributed by atoms with E-state index in [0.29, 0.717) is 31.9 Å². The van der Waals surface area contributed by atoms with E-state index in [1.165, 1.54) is 6.26 Å². The smallest absolute Gasteiger partial charge is 0.228 e. The number of anilines is 1. The molecule has 0 aliphatic carbocycles. The number of sulfone groups is 1. The summed E-state index contributed by atoms with van der Waals surface area (Å²) in [5.41, 5.74) is 3.71. The summed E-state index contributed by atoms with van der Waals surface area (Å²) in [5.74, 6) is -0.374. The number of piperidine rings is 1. The van der Waals surface area contributed by atoms with Gasteiger partial charge in [0.05, 0.1) is 35.4 Å². The number of nitriles is 1. The predicted molar refractivity (Wildman–Crippen MR) is 110 cm³/mol. The van der Waals surface area contributed by atoms with Crippen LogP contribution in [0.15, 0.2) is 29.2 Å². The quantitative estimate of drug-likeness (QED) is 0.617. The lowest BCUT2D eigenvalue weighted by molar-refractivity contribution is -0.130. The van der Waals surface area contributed by atoms with E-state index in [-0.39, 0.29) is 28.9 Å². The molecular formula is C20H27N5O4S. The molecule has 3 saturated heterocycles. The Kier molecular flexibility index (Phi) is 5.72. The standard InChI is InChI=1S/C20H27N5O4S/c1-30(27,28)15-5-3-14(4-6-15)23-18-17-16(7-11-22-19(17)26)25(24-18)20(9-10-21)8-2-12-29-13-20/h3-6,16-18,23-24H,2,7-9,11-13H2,1H3,(H,22,26)/t16?,17?,18?,20-/m1/s1.